The van der Waals surface area contributed by atoms with Crippen molar-refractivity contribution in [2.24, 2.45) is 0 Å². The first-order valence-electron chi connectivity index (χ1n) is 9.52. The molecule has 1 aliphatic rings. The highest BCUT2D eigenvalue weighted by atomic mass is 16.4. The maximum Gasteiger partial charge on any atom is 0.356 e. The molecule has 0 unspecified atom stereocenters. The molecule has 0 radical (unpaired) electrons. The lowest BCUT2D eigenvalue weighted by molar-refractivity contribution is 0.0673. The number of rotatable bonds is 3. The van der Waals surface area contributed by atoms with Crippen molar-refractivity contribution in [3.63, 3.8) is 0 Å². The van der Waals surface area contributed by atoms with E-state index in [2.05, 4.69) is 22.2 Å². The molecule has 2 N–H and O–H groups in total. The van der Waals surface area contributed by atoms with Gasteiger partial charge in [0.15, 0.2) is 5.69 Å². The minimum atomic E-state index is -1.05. The van der Waals surface area contributed by atoms with Gasteiger partial charge in [0.2, 0.25) is 0 Å². The molecule has 28 heavy (non-hydrogen) atoms. The highest BCUT2D eigenvalue weighted by molar-refractivity contribution is 6.02. The van der Waals surface area contributed by atoms with E-state index in [0.29, 0.717) is 30.8 Å². The summed E-state index contributed by atoms with van der Waals surface area (Å²) in [6, 6.07) is 4.19. The molecule has 4 rings (SSSR count). The Morgan fingerprint density at radius 1 is 1.25 bits per heavy atom. The van der Waals surface area contributed by atoms with Crippen LogP contribution in [0.4, 0.5) is 0 Å². The summed E-state index contributed by atoms with van der Waals surface area (Å²) in [7, 11) is 0. The second-order valence-electron chi connectivity index (χ2n) is 7.50. The molecule has 0 fully saturated rings. The van der Waals surface area contributed by atoms with Gasteiger partial charge in [-0.1, -0.05) is 11.6 Å². The molecule has 1 amide bonds. The predicted molar refractivity (Wildman–Crippen MR) is 106 cm³/mol. The van der Waals surface area contributed by atoms with Crippen LogP contribution in [-0.4, -0.2) is 43.2 Å². The monoisotopic (exact) mass is 380 g/mol. The number of fused-ring (bicyclic) bond motifs is 2. The Hall–Kier alpha value is -3.09. The van der Waals surface area contributed by atoms with Gasteiger partial charge in [-0.2, -0.15) is 5.10 Å². The quantitative estimate of drug-likeness (QED) is 0.730. The molecule has 3 heterocycles. The van der Waals surface area contributed by atoms with E-state index >= 15 is 0 Å². The molecule has 3 aromatic rings. The number of hydrogen-bond acceptors (Lipinski definition) is 3. The van der Waals surface area contributed by atoms with Gasteiger partial charge in [-0.25, -0.2) is 4.79 Å². The SMILES string of the molecule is CCn1nc(C(=O)O)c2c1CCN(C(=O)c1[nH]c3c(C)cc(C)cc3c1C)C2. The van der Waals surface area contributed by atoms with Crippen LogP contribution in [-0.2, 0) is 19.5 Å². The zero-order valence-electron chi connectivity index (χ0n) is 16.6. The molecule has 2 aromatic heterocycles. The predicted octanol–water partition coefficient (Wildman–Crippen LogP) is 3.21. The Labute approximate surface area is 163 Å². The van der Waals surface area contributed by atoms with Crippen LogP contribution < -0.4 is 0 Å². The third kappa shape index (κ3) is 2.69. The summed E-state index contributed by atoms with van der Waals surface area (Å²) in [5.41, 5.74) is 6.37. The van der Waals surface area contributed by atoms with Crippen molar-refractivity contribution in [1.82, 2.24) is 19.7 Å². The highest BCUT2D eigenvalue weighted by Gasteiger charge is 2.31. The largest absolute Gasteiger partial charge is 0.476 e. The van der Waals surface area contributed by atoms with Crippen LogP contribution in [0, 0.1) is 20.8 Å². The third-order valence-corrected chi connectivity index (χ3v) is 5.65. The Morgan fingerprint density at radius 3 is 2.68 bits per heavy atom. The van der Waals surface area contributed by atoms with Crippen molar-refractivity contribution < 1.29 is 14.7 Å². The molecule has 7 heteroatoms. The van der Waals surface area contributed by atoms with Gasteiger partial charge in [-0.15, -0.1) is 0 Å². The van der Waals surface area contributed by atoms with E-state index in [9.17, 15) is 14.7 Å². The van der Waals surface area contributed by atoms with Crippen LogP contribution in [0.1, 0.15) is 55.8 Å². The number of amides is 1. The number of carbonyl (C=O) groups is 2. The van der Waals surface area contributed by atoms with Crippen LogP contribution in [0.25, 0.3) is 10.9 Å². The van der Waals surface area contributed by atoms with E-state index < -0.39 is 5.97 Å². The molecule has 1 aromatic carbocycles. The minimum Gasteiger partial charge on any atom is -0.476 e. The Kier molecular flexibility index (Phi) is 4.25. The number of aryl methyl sites for hydroxylation is 4. The summed E-state index contributed by atoms with van der Waals surface area (Å²) < 4.78 is 1.74. The number of aromatic nitrogens is 3. The van der Waals surface area contributed by atoms with Crippen molar-refractivity contribution >= 4 is 22.8 Å². The average Bonchev–Trinajstić information content (AvgIpc) is 3.19. The van der Waals surface area contributed by atoms with Crippen molar-refractivity contribution in [2.45, 2.75) is 47.2 Å². The van der Waals surface area contributed by atoms with Gasteiger partial charge in [-0.3, -0.25) is 9.48 Å². The number of carbonyl (C=O) groups excluding carboxylic acids is 1. The van der Waals surface area contributed by atoms with Crippen LogP contribution in [0.3, 0.4) is 0 Å². The van der Waals surface area contributed by atoms with Gasteiger partial charge in [0.25, 0.3) is 5.91 Å². The average molecular weight is 380 g/mol. The second-order valence-corrected chi connectivity index (χ2v) is 7.50. The number of carboxylic acid groups (broad SMARTS) is 1. The van der Waals surface area contributed by atoms with E-state index in [-0.39, 0.29) is 18.1 Å². The second kappa shape index (κ2) is 6.51. The number of hydrogen-bond donors (Lipinski definition) is 2. The molecule has 146 valence electrons. The Morgan fingerprint density at radius 2 is 2.00 bits per heavy atom. The first kappa shape index (κ1) is 18.3. The molecular weight excluding hydrogens is 356 g/mol. The molecule has 7 nitrogen and oxygen atoms in total. The molecular formula is C21H24N4O3. The fraction of sp³-hybridized carbons (Fsp3) is 0.381. The number of H-pyrrole nitrogens is 1. The normalized spacial score (nSPS) is 13.8. The summed E-state index contributed by atoms with van der Waals surface area (Å²) in [4.78, 5) is 29.9. The van der Waals surface area contributed by atoms with Crippen LogP contribution in [0.5, 0.6) is 0 Å². The van der Waals surface area contributed by atoms with Crippen molar-refractivity contribution in [3.05, 3.63) is 51.5 Å². The fourth-order valence-electron chi connectivity index (χ4n) is 4.25. The van der Waals surface area contributed by atoms with Crippen LogP contribution in [0.2, 0.25) is 0 Å². The van der Waals surface area contributed by atoms with Crippen molar-refractivity contribution in [2.75, 3.05) is 6.54 Å². The van der Waals surface area contributed by atoms with Crippen molar-refractivity contribution in [1.29, 1.82) is 0 Å². The zero-order valence-corrected chi connectivity index (χ0v) is 16.6. The van der Waals surface area contributed by atoms with E-state index in [1.807, 2.05) is 27.7 Å². The van der Waals surface area contributed by atoms with Gasteiger partial charge in [-0.05, 0) is 44.9 Å². The van der Waals surface area contributed by atoms with Gasteiger partial charge in [0.1, 0.15) is 5.69 Å². The first-order valence-corrected chi connectivity index (χ1v) is 9.52. The number of carboxylic acids is 1. The maximum absolute atomic E-state index is 13.3. The summed E-state index contributed by atoms with van der Waals surface area (Å²) >= 11 is 0. The van der Waals surface area contributed by atoms with Gasteiger partial charge in [0, 0.05) is 41.7 Å². The summed E-state index contributed by atoms with van der Waals surface area (Å²) in [5, 5.41) is 14.8. The Bertz CT molecular complexity index is 1120. The van der Waals surface area contributed by atoms with Crippen molar-refractivity contribution in [3.8, 4) is 0 Å². The van der Waals surface area contributed by atoms with Gasteiger partial charge < -0.3 is 15.0 Å². The number of nitrogens with zero attached hydrogens (tertiary/aromatic N) is 3. The first-order chi connectivity index (χ1) is 13.3. The molecule has 0 bridgehead atoms. The Balaban J connectivity index is 1.72. The van der Waals surface area contributed by atoms with E-state index in [1.54, 1.807) is 9.58 Å². The van der Waals surface area contributed by atoms with E-state index in [1.165, 1.54) is 0 Å². The molecule has 0 saturated carbocycles. The van der Waals surface area contributed by atoms with Crippen LogP contribution in [0.15, 0.2) is 12.1 Å². The highest BCUT2D eigenvalue weighted by Crippen LogP contribution is 2.29. The molecule has 0 saturated heterocycles. The minimum absolute atomic E-state index is 0.0502. The standard InChI is InChI=1S/C21H24N4O3/c1-5-25-16-6-7-24(10-15(16)19(23-25)21(27)28)20(26)18-13(4)14-9-11(2)8-12(3)17(14)22-18/h8-9,22H,5-7,10H2,1-4H3,(H,27,28). The lowest BCUT2D eigenvalue weighted by Gasteiger charge is -2.27. The van der Waals surface area contributed by atoms with E-state index in [4.69, 9.17) is 0 Å². The van der Waals surface area contributed by atoms with E-state index in [0.717, 1.165) is 33.3 Å². The fourth-order valence-corrected chi connectivity index (χ4v) is 4.25. The molecule has 0 atom stereocenters. The number of benzene rings is 1. The summed E-state index contributed by atoms with van der Waals surface area (Å²) in [6.07, 6.45) is 0.604. The molecule has 1 aliphatic heterocycles. The summed E-state index contributed by atoms with van der Waals surface area (Å²) in [5.74, 6) is -1.15. The third-order valence-electron chi connectivity index (χ3n) is 5.65. The van der Waals surface area contributed by atoms with Gasteiger partial charge >= 0.3 is 5.97 Å². The number of nitrogens with one attached hydrogen (secondary N) is 1. The number of aromatic amines is 1. The van der Waals surface area contributed by atoms with Crippen LogP contribution >= 0.6 is 0 Å². The maximum atomic E-state index is 13.3. The summed E-state index contributed by atoms with van der Waals surface area (Å²) in [6.45, 7) is 9.40. The lowest BCUT2D eigenvalue weighted by atomic mass is 10.0. The topological polar surface area (TPSA) is 91.2 Å². The lowest BCUT2D eigenvalue weighted by Crippen LogP contribution is -2.37. The zero-order chi connectivity index (χ0) is 20.2. The number of aromatic carboxylic acids is 1. The molecule has 0 spiro atoms. The smallest absolute Gasteiger partial charge is 0.356 e. The van der Waals surface area contributed by atoms with Gasteiger partial charge in [0.05, 0.1) is 6.54 Å². The molecule has 0 aliphatic carbocycles.